The second-order valence-electron chi connectivity index (χ2n) is 6.96. The molecule has 0 saturated heterocycles. The first kappa shape index (κ1) is 19.0. The number of hydrogen-bond acceptors (Lipinski definition) is 3. The number of carbonyl (C=O) groups is 1. The molecule has 2 aromatic carbocycles. The van der Waals surface area contributed by atoms with Crippen LogP contribution in [-0.2, 0) is 11.2 Å². The van der Waals surface area contributed by atoms with Crippen molar-refractivity contribution in [2.24, 2.45) is 5.92 Å². The standard InChI is InChI=1S/C23H27N3O/c1-3-5-9-18(4-2)21(27)16-17-12-14-20(15-13-17)23-24-22(25-26-23)19-10-7-6-8-11-19/h6-8,10-15,18H,3-5,9,16H2,1-2H3,(H,24,25,26). The summed E-state index contributed by atoms with van der Waals surface area (Å²) in [5.41, 5.74) is 3.01. The molecule has 1 atom stereocenters. The number of nitrogens with one attached hydrogen (secondary N) is 1. The third-order valence-corrected chi connectivity index (χ3v) is 4.98. The summed E-state index contributed by atoms with van der Waals surface area (Å²) in [6.45, 7) is 4.28. The first-order chi connectivity index (χ1) is 13.2. The van der Waals surface area contributed by atoms with Gasteiger partial charge in [0.2, 0.25) is 0 Å². The third-order valence-electron chi connectivity index (χ3n) is 4.98. The van der Waals surface area contributed by atoms with E-state index >= 15 is 0 Å². The SMILES string of the molecule is CCCCC(CC)C(=O)Cc1ccc(-c2nc(-c3ccccc3)n[nH]2)cc1. The van der Waals surface area contributed by atoms with Crippen LogP contribution in [0.1, 0.15) is 45.1 Å². The summed E-state index contributed by atoms with van der Waals surface area (Å²) in [5, 5.41) is 7.31. The van der Waals surface area contributed by atoms with E-state index in [1.807, 2.05) is 54.6 Å². The van der Waals surface area contributed by atoms with Crippen LogP contribution in [0.25, 0.3) is 22.8 Å². The predicted molar refractivity (Wildman–Crippen MR) is 109 cm³/mol. The van der Waals surface area contributed by atoms with E-state index in [4.69, 9.17) is 0 Å². The van der Waals surface area contributed by atoms with Gasteiger partial charge in [0.1, 0.15) is 5.78 Å². The van der Waals surface area contributed by atoms with Gasteiger partial charge in [0.05, 0.1) is 0 Å². The minimum Gasteiger partial charge on any atom is -0.299 e. The van der Waals surface area contributed by atoms with Crippen LogP contribution in [0.2, 0.25) is 0 Å². The lowest BCUT2D eigenvalue weighted by molar-refractivity contribution is -0.122. The fourth-order valence-electron chi connectivity index (χ4n) is 3.28. The van der Waals surface area contributed by atoms with Crippen molar-refractivity contribution in [3.8, 4) is 22.8 Å². The molecule has 3 rings (SSSR count). The average Bonchev–Trinajstić information content (AvgIpc) is 3.20. The fraction of sp³-hybridized carbons (Fsp3) is 0.348. The van der Waals surface area contributed by atoms with Crippen molar-refractivity contribution < 1.29 is 4.79 Å². The predicted octanol–water partition coefficient (Wildman–Crippen LogP) is 5.47. The number of carbonyl (C=O) groups excluding carboxylic acids is 1. The summed E-state index contributed by atoms with van der Waals surface area (Å²) in [7, 11) is 0. The largest absolute Gasteiger partial charge is 0.299 e. The Hall–Kier alpha value is -2.75. The van der Waals surface area contributed by atoms with E-state index in [1.54, 1.807) is 0 Å². The summed E-state index contributed by atoms with van der Waals surface area (Å²) in [6.07, 6.45) is 4.70. The lowest BCUT2D eigenvalue weighted by Gasteiger charge is -2.13. The number of nitrogens with zero attached hydrogens (tertiary/aromatic N) is 2. The number of benzene rings is 2. The topological polar surface area (TPSA) is 58.6 Å². The molecule has 0 aliphatic heterocycles. The molecule has 0 aliphatic carbocycles. The highest BCUT2D eigenvalue weighted by Gasteiger charge is 2.16. The lowest BCUT2D eigenvalue weighted by atomic mass is 9.91. The fourth-order valence-corrected chi connectivity index (χ4v) is 3.28. The number of unbranched alkanes of at least 4 members (excludes halogenated alkanes) is 1. The van der Waals surface area contributed by atoms with E-state index in [2.05, 4.69) is 29.0 Å². The highest BCUT2D eigenvalue weighted by atomic mass is 16.1. The average molecular weight is 361 g/mol. The Kier molecular flexibility index (Phi) is 6.53. The van der Waals surface area contributed by atoms with E-state index in [0.29, 0.717) is 18.0 Å². The number of rotatable bonds is 9. The lowest BCUT2D eigenvalue weighted by Crippen LogP contribution is -2.16. The van der Waals surface area contributed by atoms with Crippen molar-refractivity contribution >= 4 is 5.78 Å². The molecular weight excluding hydrogens is 334 g/mol. The molecule has 4 nitrogen and oxygen atoms in total. The zero-order valence-corrected chi connectivity index (χ0v) is 16.1. The summed E-state index contributed by atoms with van der Waals surface area (Å²) >= 11 is 0. The molecule has 0 spiro atoms. The first-order valence-electron chi connectivity index (χ1n) is 9.81. The maximum Gasteiger partial charge on any atom is 0.181 e. The minimum atomic E-state index is 0.187. The van der Waals surface area contributed by atoms with Crippen LogP contribution in [0.3, 0.4) is 0 Å². The van der Waals surface area contributed by atoms with Gasteiger partial charge in [0, 0.05) is 23.5 Å². The Morgan fingerprint density at radius 3 is 2.41 bits per heavy atom. The normalized spacial score (nSPS) is 12.1. The van der Waals surface area contributed by atoms with Gasteiger partial charge in [0.25, 0.3) is 0 Å². The van der Waals surface area contributed by atoms with Gasteiger partial charge in [-0.15, -0.1) is 0 Å². The molecule has 1 heterocycles. The molecule has 27 heavy (non-hydrogen) atoms. The highest BCUT2D eigenvalue weighted by Crippen LogP contribution is 2.21. The Bertz CT molecular complexity index is 853. The van der Waals surface area contributed by atoms with Gasteiger partial charge in [0.15, 0.2) is 11.6 Å². The minimum absolute atomic E-state index is 0.187. The third kappa shape index (κ3) is 4.91. The highest BCUT2D eigenvalue weighted by molar-refractivity contribution is 5.83. The van der Waals surface area contributed by atoms with Crippen LogP contribution in [0, 0.1) is 5.92 Å². The van der Waals surface area contributed by atoms with Gasteiger partial charge in [-0.3, -0.25) is 9.89 Å². The molecule has 3 aromatic rings. The van der Waals surface area contributed by atoms with Crippen LogP contribution in [0.5, 0.6) is 0 Å². The molecule has 0 amide bonds. The van der Waals surface area contributed by atoms with Gasteiger partial charge in [-0.2, -0.15) is 5.10 Å². The number of aromatic amines is 1. The molecule has 0 aliphatic rings. The van der Waals surface area contributed by atoms with E-state index < -0.39 is 0 Å². The van der Waals surface area contributed by atoms with Crippen molar-refractivity contribution in [2.45, 2.75) is 46.0 Å². The Morgan fingerprint density at radius 2 is 1.74 bits per heavy atom. The van der Waals surface area contributed by atoms with Crippen LogP contribution in [-0.4, -0.2) is 21.0 Å². The maximum absolute atomic E-state index is 12.5. The number of hydrogen-bond donors (Lipinski definition) is 1. The van der Waals surface area contributed by atoms with Gasteiger partial charge in [-0.25, -0.2) is 4.98 Å². The van der Waals surface area contributed by atoms with E-state index in [0.717, 1.165) is 48.2 Å². The van der Waals surface area contributed by atoms with Crippen LogP contribution < -0.4 is 0 Å². The molecule has 1 aromatic heterocycles. The number of H-pyrrole nitrogens is 1. The van der Waals surface area contributed by atoms with Crippen LogP contribution in [0.4, 0.5) is 0 Å². The maximum atomic E-state index is 12.5. The number of Topliss-reactive ketones (excluding diaryl/α,β-unsaturated/α-hetero) is 1. The second kappa shape index (κ2) is 9.26. The molecular formula is C23H27N3O. The summed E-state index contributed by atoms with van der Waals surface area (Å²) < 4.78 is 0. The molecule has 140 valence electrons. The van der Waals surface area contributed by atoms with Gasteiger partial charge in [-0.05, 0) is 18.4 Å². The van der Waals surface area contributed by atoms with E-state index in [1.165, 1.54) is 0 Å². The van der Waals surface area contributed by atoms with Crippen molar-refractivity contribution in [2.75, 3.05) is 0 Å². The number of ketones is 1. The quantitative estimate of drug-likeness (QED) is 0.550. The molecule has 1 unspecified atom stereocenters. The Morgan fingerprint density at radius 1 is 1.00 bits per heavy atom. The molecule has 0 radical (unpaired) electrons. The molecule has 4 heteroatoms. The number of aromatic nitrogens is 3. The Balaban J connectivity index is 1.67. The monoisotopic (exact) mass is 361 g/mol. The summed E-state index contributed by atoms with van der Waals surface area (Å²) in [4.78, 5) is 17.1. The van der Waals surface area contributed by atoms with Crippen molar-refractivity contribution in [3.05, 3.63) is 60.2 Å². The van der Waals surface area contributed by atoms with Gasteiger partial charge >= 0.3 is 0 Å². The van der Waals surface area contributed by atoms with Crippen LogP contribution in [0.15, 0.2) is 54.6 Å². The molecule has 1 N–H and O–H groups in total. The molecule has 0 fully saturated rings. The zero-order valence-electron chi connectivity index (χ0n) is 16.1. The van der Waals surface area contributed by atoms with Gasteiger partial charge in [-0.1, -0.05) is 81.3 Å². The van der Waals surface area contributed by atoms with E-state index in [9.17, 15) is 4.79 Å². The second-order valence-corrected chi connectivity index (χ2v) is 6.96. The zero-order chi connectivity index (χ0) is 19.1. The van der Waals surface area contributed by atoms with Crippen molar-refractivity contribution in [3.63, 3.8) is 0 Å². The Labute approximate surface area is 161 Å². The van der Waals surface area contributed by atoms with Crippen molar-refractivity contribution in [1.29, 1.82) is 0 Å². The smallest absolute Gasteiger partial charge is 0.181 e. The first-order valence-corrected chi connectivity index (χ1v) is 9.81. The van der Waals surface area contributed by atoms with Gasteiger partial charge < -0.3 is 0 Å². The van der Waals surface area contributed by atoms with Crippen LogP contribution >= 0.6 is 0 Å². The molecule has 0 saturated carbocycles. The summed E-state index contributed by atoms with van der Waals surface area (Å²) in [6, 6.07) is 17.9. The van der Waals surface area contributed by atoms with E-state index in [-0.39, 0.29) is 5.92 Å². The van der Waals surface area contributed by atoms with Crippen molar-refractivity contribution in [1.82, 2.24) is 15.2 Å². The summed E-state index contributed by atoms with van der Waals surface area (Å²) in [5.74, 6) is 1.96. The molecule has 0 bridgehead atoms.